The maximum absolute atomic E-state index is 11.7. The van der Waals surface area contributed by atoms with Crippen molar-refractivity contribution in [1.82, 2.24) is 20.1 Å². The molecular formula is C21H20N6O4S. The highest BCUT2D eigenvalue weighted by Crippen LogP contribution is 2.29. The first-order chi connectivity index (χ1) is 15.4. The quantitative estimate of drug-likeness (QED) is 0.365. The molecule has 0 radical (unpaired) electrons. The first-order valence-corrected chi connectivity index (χ1v) is 11.5. The lowest BCUT2D eigenvalue weighted by Gasteiger charge is -2.19. The van der Waals surface area contributed by atoms with E-state index in [0.29, 0.717) is 17.1 Å². The monoisotopic (exact) mass is 452 g/mol. The van der Waals surface area contributed by atoms with Crippen LogP contribution >= 0.6 is 0 Å². The fraction of sp³-hybridized carbons (Fsp3) is 0.143. The summed E-state index contributed by atoms with van der Waals surface area (Å²) in [5.74, 6) is 0.858. The summed E-state index contributed by atoms with van der Waals surface area (Å²) in [6.07, 6.45) is 3.95. The van der Waals surface area contributed by atoms with Crippen LogP contribution in [0.3, 0.4) is 0 Å². The number of aromatic nitrogens is 4. The Morgan fingerprint density at radius 1 is 1.06 bits per heavy atom. The summed E-state index contributed by atoms with van der Waals surface area (Å²) in [4.78, 5) is 13.1. The molecule has 11 heteroatoms. The Balaban J connectivity index is 1.65. The van der Waals surface area contributed by atoms with Crippen LogP contribution in [0.5, 0.6) is 0 Å². The average molecular weight is 452 g/mol. The van der Waals surface area contributed by atoms with Crippen molar-refractivity contribution in [3.8, 4) is 11.5 Å². The number of hydrogen-bond donors (Lipinski definition) is 3. The minimum absolute atomic E-state index is 0.174. The zero-order valence-corrected chi connectivity index (χ0v) is 17.8. The molecule has 0 aliphatic heterocycles. The van der Waals surface area contributed by atoms with Crippen molar-refractivity contribution >= 4 is 27.3 Å². The molecule has 3 N–H and O–H groups in total. The number of anilines is 3. The second-order valence-electron chi connectivity index (χ2n) is 6.91. The van der Waals surface area contributed by atoms with E-state index in [1.54, 1.807) is 12.1 Å². The molecule has 164 valence electrons. The van der Waals surface area contributed by atoms with Crippen molar-refractivity contribution in [2.45, 2.75) is 10.9 Å². The highest BCUT2D eigenvalue weighted by atomic mass is 32.2. The zero-order valence-electron chi connectivity index (χ0n) is 17.0. The maximum Gasteiger partial charge on any atom is 0.262 e. The van der Waals surface area contributed by atoms with E-state index in [1.807, 2.05) is 30.3 Å². The number of rotatable bonds is 8. The molecule has 32 heavy (non-hydrogen) atoms. The van der Waals surface area contributed by atoms with Gasteiger partial charge in [-0.2, -0.15) is 9.97 Å². The lowest BCUT2D eigenvalue weighted by Crippen LogP contribution is -2.17. The second-order valence-corrected chi connectivity index (χ2v) is 8.93. The molecule has 10 nitrogen and oxygen atoms in total. The van der Waals surface area contributed by atoms with Gasteiger partial charge in [0.25, 0.3) is 5.89 Å². The van der Waals surface area contributed by atoms with E-state index in [1.165, 1.54) is 24.7 Å². The summed E-state index contributed by atoms with van der Waals surface area (Å²) in [6.45, 7) is -0.174. The van der Waals surface area contributed by atoms with Gasteiger partial charge >= 0.3 is 0 Å². The van der Waals surface area contributed by atoms with E-state index in [9.17, 15) is 13.5 Å². The Morgan fingerprint density at radius 3 is 2.44 bits per heavy atom. The molecule has 0 fully saturated rings. The van der Waals surface area contributed by atoms with Gasteiger partial charge in [0, 0.05) is 18.1 Å². The van der Waals surface area contributed by atoms with Gasteiger partial charge in [0.15, 0.2) is 16.2 Å². The normalized spacial score (nSPS) is 12.3. The third-order valence-electron chi connectivity index (χ3n) is 4.61. The minimum atomic E-state index is -3.29. The molecule has 0 aliphatic rings. The molecule has 2 heterocycles. The van der Waals surface area contributed by atoms with E-state index in [2.05, 4.69) is 30.7 Å². The van der Waals surface area contributed by atoms with Crippen LogP contribution in [-0.2, 0) is 9.84 Å². The lowest BCUT2D eigenvalue weighted by atomic mass is 10.1. The van der Waals surface area contributed by atoms with Crippen LogP contribution in [0.15, 0.2) is 76.5 Å². The van der Waals surface area contributed by atoms with Crippen LogP contribution in [0, 0.1) is 0 Å². The van der Waals surface area contributed by atoms with Gasteiger partial charge in [-0.1, -0.05) is 35.5 Å². The number of benzene rings is 2. The molecule has 1 atom stereocenters. The van der Waals surface area contributed by atoms with Crippen molar-refractivity contribution in [1.29, 1.82) is 0 Å². The van der Waals surface area contributed by atoms with Gasteiger partial charge in [0.1, 0.15) is 11.4 Å². The van der Waals surface area contributed by atoms with Gasteiger partial charge < -0.3 is 20.3 Å². The maximum atomic E-state index is 11.7. The highest BCUT2D eigenvalue weighted by Gasteiger charge is 2.18. The standard InChI is InChI=1S/C21H20N6O4S/c1-32(29,30)16-9-7-15(8-10-16)25-21-22-11-17(20-23-13-24-31-20)19(27-21)26-18(12-28)14-5-3-2-4-6-14/h2-11,13,18,28H,12H2,1H3,(H2,22,25,26,27)/t18-/m1/s1. The van der Waals surface area contributed by atoms with Crippen LogP contribution in [-0.4, -0.2) is 46.5 Å². The largest absolute Gasteiger partial charge is 0.394 e. The average Bonchev–Trinajstić information content (AvgIpc) is 3.33. The summed E-state index contributed by atoms with van der Waals surface area (Å²) in [7, 11) is -3.29. The van der Waals surface area contributed by atoms with E-state index in [0.717, 1.165) is 11.8 Å². The highest BCUT2D eigenvalue weighted by molar-refractivity contribution is 7.90. The van der Waals surface area contributed by atoms with Gasteiger partial charge in [-0.3, -0.25) is 0 Å². The van der Waals surface area contributed by atoms with Crippen LogP contribution < -0.4 is 10.6 Å². The van der Waals surface area contributed by atoms with Crippen molar-refractivity contribution in [2.75, 3.05) is 23.5 Å². The molecule has 0 aliphatic carbocycles. The van der Waals surface area contributed by atoms with Crippen LogP contribution in [0.4, 0.5) is 17.5 Å². The van der Waals surface area contributed by atoms with Gasteiger partial charge in [-0.15, -0.1) is 0 Å². The SMILES string of the molecule is CS(=O)(=O)c1ccc(Nc2ncc(-c3ncno3)c(N[C@H](CO)c3ccccc3)n2)cc1. The zero-order chi connectivity index (χ0) is 22.6. The molecule has 0 bridgehead atoms. The fourth-order valence-electron chi connectivity index (χ4n) is 3.00. The minimum Gasteiger partial charge on any atom is -0.394 e. The predicted molar refractivity (Wildman–Crippen MR) is 118 cm³/mol. The second kappa shape index (κ2) is 9.12. The Labute approximate surface area is 184 Å². The van der Waals surface area contributed by atoms with E-state index < -0.39 is 15.9 Å². The van der Waals surface area contributed by atoms with E-state index >= 15 is 0 Å². The summed E-state index contributed by atoms with van der Waals surface area (Å²) in [5, 5.41) is 19.8. The number of nitrogens with zero attached hydrogens (tertiary/aromatic N) is 4. The van der Waals surface area contributed by atoms with Crippen molar-refractivity contribution in [3.63, 3.8) is 0 Å². The lowest BCUT2D eigenvalue weighted by molar-refractivity contribution is 0.276. The molecule has 0 amide bonds. The molecular weight excluding hydrogens is 432 g/mol. The number of aliphatic hydroxyl groups excluding tert-OH is 1. The van der Waals surface area contributed by atoms with Crippen LogP contribution in [0.2, 0.25) is 0 Å². The number of hydrogen-bond acceptors (Lipinski definition) is 10. The van der Waals surface area contributed by atoms with Crippen molar-refractivity contribution in [2.24, 2.45) is 0 Å². The number of sulfone groups is 1. The van der Waals surface area contributed by atoms with Gasteiger partial charge in [-0.05, 0) is 29.8 Å². The molecule has 0 saturated heterocycles. The molecule has 2 aromatic heterocycles. The van der Waals surface area contributed by atoms with Crippen LogP contribution in [0.25, 0.3) is 11.5 Å². The van der Waals surface area contributed by atoms with Gasteiger partial charge in [0.2, 0.25) is 5.95 Å². The molecule has 0 saturated carbocycles. The Kier molecular flexibility index (Phi) is 6.10. The number of nitrogens with one attached hydrogen (secondary N) is 2. The third kappa shape index (κ3) is 4.90. The molecule has 0 unspecified atom stereocenters. The first-order valence-electron chi connectivity index (χ1n) is 9.57. The predicted octanol–water partition coefficient (Wildman–Crippen LogP) is 2.82. The fourth-order valence-corrected chi connectivity index (χ4v) is 3.63. The smallest absolute Gasteiger partial charge is 0.262 e. The third-order valence-corrected chi connectivity index (χ3v) is 5.74. The number of aliphatic hydroxyl groups is 1. The van der Waals surface area contributed by atoms with E-state index in [4.69, 9.17) is 4.52 Å². The summed E-state index contributed by atoms with van der Waals surface area (Å²) in [5.41, 5.74) is 1.95. The Hall–Kier alpha value is -3.83. The Bertz CT molecular complexity index is 1280. The molecule has 4 aromatic rings. The molecule has 4 rings (SSSR count). The first kappa shape index (κ1) is 21.4. The summed E-state index contributed by atoms with van der Waals surface area (Å²) < 4.78 is 28.5. The Morgan fingerprint density at radius 2 is 1.81 bits per heavy atom. The van der Waals surface area contributed by atoms with Gasteiger partial charge in [0.05, 0.1) is 17.5 Å². The summed E-state index contributed by atoms with van der Waals surface area (Å²) in [6, 6.07) is 15.3. The van der Waals surface area contributed by atoms with Gasteiger partial charge in [-0.25, -0.2) is 13.4 Å². The molecule has 2 aromatic carbocycles. The van der Waals surface area contributed by atoms with Crippen LogP contribution in [0.1, 0.15) is 11.6 Å². The van der Waals surface area contributed by atoms with Crippen molar-refractivity contribution in [3.05, 3.63) is 72.7 Å². The topological polar surface area (TPSA) is 143 Å². The van der Waals surface area contributed by atoms with E-state index in [-0.39, 0.29) is 23.3 Å². The van der Waals surface area contributed by atoms with Crippen molar-refractivity contribution < 1.29 is 18.0 Å². The summed E-state index contributed by atoms with van der Waals surface area (Å²) >= 11 is 0. The molecule has 0 spiro atoms.